The van der Waals surface area contributed by atoms with Gasteiger partial charge < -0.3 is 37.6 Å². The third-order valence-corrected chi connectivity index (χ3v) is 4.50. The molecule has 0 amide bonds. The lowest BCUT2D eigenvalue weighted by molar-refractivity contribution is -0.142. The number of hydrogen-bond acceptors (Lipinski definition) is 7. The Morgan fingerprint density at radius 2 is 1.19 bits per heavy atom. The molecule has 0 heterocycles. The average molecular weight is 436 g/mol. The highest BCUT2D eigenvalue weighted by atomic mass is 16.4. The Hall–Kier alpha value is -3.14. The van der Waals surface area contributed by atoms with E-state index >= 15 is 0 Å². The lowest BCUT2D eigenvalue weighted by atomic mass is 9.97. The highest BCUT2D eigenvalue weighted by Gasteiger charge is 2.20. The number of nitrogen functional groups attached to an aromatic ring is 2. The van der Waals surface area contributed by atoms with Crippen molar-refractivity contribution >= 4 is 23.3 Å². The second-order valence-corrected chi connectivity index (χ2v) is 6.94. The smallest absolute Gasteiger partial charge is 0.320 e. The fraction of sp³-hybridized carbons (Fsp3) is 0.364. The van der Waals surface area contributed by atoms with Gasteiger partial charge in [-0.05, 0) is 18.6 Å². The van der Waals surface area contributed by atoms with Crippen molar-refractivity contribution in [2.24, 2.45) is 11.7 Å². The summed E-state index contributed by atoms with van der Waals surface area (Å²) >= 11 is 0. The van der Waals surface area contributed by atoms with E-state index in [0.29, 0.717) is 22.5 Å². The minimum Gasteiger partial charge on any atom is -0.481 e. The van der Waals surface area contributed by atoms with Crippen LogP contribution < -0.4 is 17.2 Å². The molecule has 0 fully saturated rings. The molecule has 0 aliphatic rings. The summed E-state index contributed by atoms with van der Waals surface area (Å²) in [6.07, 6.45) is -1.65. The lowest BCUT2D eigenvalue weighted by Gasteiger charge is -2.15. The largest absolute Gasteiger partial charge is 0.481 e. The number of aliphatic hydroxyl groups excluding tert-OH is 2. The van der Waals surface area contributed by atoms with Crippen molar-refractivity contribution in [2.45, 2.75) is 45.4 Å². The van der Waals surface area contributed by atoms with Gasteiger partial charge in [0.15, 0.2) is 0 Å². The molecular formula is C22H33N3O6. The summed E-state index contributed by atoms with van der Waals surface area (Å²) in [6, 6.07) is 12.6. The molecule has 2 aromatic rings. The number of para-hydroxylation sites is 2. The molecule has 31 heavy (non-hydrogen) atoms. The van der Waals surface area contributed by atoms with E-state index in [4.69, 9.17) is 27.4 Å². The van der Waals surface area contributed by atoms with Crippen LogP contribution in [0.3, 0.4) is 0 Å². The van der Waals surface area contributed by atoms with E-state index in [1.165, 1.54) is 0 Å². The van der Waals surface area contributed by atoms with Crippen molar-refractivity contribution in [3.63, 3.8) is 0 Å². The number of aliphatic hydroxyl groups is 2. The Morgan fingerprint density at radius 3 is 1.55 bits per heavy atom. The zero-order valence-corrected chi connectivity index (χ0v) is 16.7. The van der Waals surface area contributed by atoms with Crippen molar-refractivity contribution < 1.29 is 30.0 Å². The quantitative estimate of drug-likeness (QED) is 0.304. The van der Waals surface area contributed by atoms with Crippen molar-refractivity contribution in [1.29, 1.82) is 0 Å². The van der Waals surface area contributed by atoms with E-state index in [0.717, 1.165) is 0 Å². The van der Waals surface area contributed by atoms with E-state index in [9.17, 15) is 19.8 Å². The van der Waals surface area contributed by atoms with Crippen LogP contribution in [0.1, 0.15) is 50.5 Å². The maximum atomic E-state index is 10.6. The molecule has 0 aliphatic carbocycles. The maximum Gasteiger partial charge on any atom is 0.320 e. The molecule has 0 aliphatic heterocycles. The van der Waals surface area contributed by atoms with Crippen molar-refractivity contribution in [1.82, 2.24) is 0 Å². The number of carboxylic acids is 2. The van der Waals surface area contributed by atoms with Crippen LogP contribution in [0.15, 0.2) is 48.5 Å². The molecule has 2 rings (SSSR count). The lowest BCUT2D eigenvalue weighted by Crippen LogP contribution is -2.31. The standard InChI is InChI=1S/C11H15NO3.C10H14N2O3.CH4/c1-7(11(14)15)6-10(13)8-4-2-3-5-9(8)12;11-7-4-2-1-3-6(7)9(13)5-8(12)10(14)15;/h2-5,7,10,13H,6,12H2,1H3,(H,14,15);1-4,8-9,13H,5,11-12H2,(H,14,15);1H4/t7-,10+;8-,9-;/m00./s1. The zero-order valence-electron chi connectivity index (χ0n) is 16.7. The van der Waals surface area contributed by atoms with Gasteiger partial charge in [-0.15, -0.1) is 0 Å². The molecule has 10 N–H and O–H groups in total. The first-order chi connectivity index (χ1) is 14.0. The highest BCUT2D eigenvalue weighted by Crippen LogP contribution is 2.26. The van der Waals surface area contributed by atoms with E-state index in [-0.39, 0.29) is 20.3 Å². The van der Waals surface area contributed by atoms with Crippen LogP contribution in [0.2, 0.25) is 0 Å². The van der Waals surface area contributed by atoms with Gasteiger partial charge >= 0.3 is 11.9 Å². The molecule has 0 radical (unpaired) electrons. The van der Waals surface area contributed by atoms with Crippen LogP contribution in [0.4, 0.5) is 11.4 Å². The molecular weight excluding hydrogens is 402 g/mol. The summed E-state index contributed by atoms with van der Waals surface area (Å²) in [4.78, 5) is 21.1. The molecule has 0 bridgehead atoms. The van der Waals surface area contributed by atoms with Gasteiger partial charge in [0.1, 0.15) is 6.04 Å². The van der Waals surface area contributed by atoms with E-state index in [1.807, 2.05) is 0 Å². The first-order valence-corrected chi connectivity index (χ1v) is 9.30. The number of aliphatic carboxylic acids is 2. The summed E-state index contributed by atoms with van der Waals surface area (Å²) < 4.78 is 0. The first-order valence-electron chi connectivity index (χ1n) is 9.30. The summed E-state index contributed by atoms with van der Waals surface area (Å²) in [5.74, 6) is -2.63. The number of hydrogen-bond donors (Lipinski definition) is 7. The topological polar surface area (TPSA) is 193 Å². The van der Waals surface area contributed by atoms with Gasteiger partial charge in [0.25, 0.3) is 0 Å². The number of benzene rings is 2. The van der Waals surface area contributed by atoms with E-state index in [2.05, 4.69) is 0 Å². The monoisotopic (exact) mass is 435 g/mol. The van der Waals surface area contributed by atoms with Crippen LogP contribution >= 0.6 is 0 Å². The first kappa shape index (κ1) is 27.9. The van der Waals surface area contributed by atoms with Crippen LogP contribution in [0.5, 0.6) is 0 Å². The summed E-state index contributed by atoms with van der Waals surface area (Å²) in [5, 5.41) is 36.8. The number of rotatable bonds is 8. The molecule has 0 spiro atoms. The Kier molecular flexibility index (Phi) is 11.9. The third-order valence-electron chi connectivity index (χ3n) is 4.50. The van der Waals surface area contributed by atoms with Crippen LogP contribution in [-0.4, -0.2) is 38.4 Å². The van der Waals surface area contributed by atoms with Gasteiger partial charge in [0.05, 0.1) is 18.1 Å². The molecule has 0 saturated carbocycles. The molecule has 0 saturated heterocycles. The molecule has 0 unspecified atom stereocenters. The minimum absolute atomic E-state index is 0. The Balaban J connectivity index is 0.000000562. The predicted octanol–water partition coefficient (Wildman–Crippen LogP) is 2.15. The Labute approximate surface area is 182 Å². The maximum absolute atomic E-state index is 10.6. The third kappa shape index (κ3) is 9.04. The molecule has 9 heteroatoms. The zero-order chi connectivity index (χ0) is 22.8. The Bertz CT molecular complexity index is 776. The van der Waals surface area contributed by atoms with Crippen LogP contribution in [0.25, 0.3) is 0 Å². The van der Waals surface area contributed by atoms with Crippen molar-refractivity contribution in [3.05, 3.63) is 59.7 Å². The minimum atomic E-state index is -1.14. The van der Waals surface area contributed by atoms with Crippen LogP contribution in [-0.2, 0) is 9.59 Å². The van der Waals surface area contributed by atoms with Crippen LogP contribution in [0, 0.1) is 5.92 Å². The molecule has 2 aromatic carbocycles. The second kappa shape index (κ2) is 13.2. The normalized spacial score (nSPS) is 14.1. The number of anilines is 2. The van der Waals surface area contributed by atoms with Gasteiger partial charge in [-0.3, -0.25) is 9.59 Å². The van der Waals surface area contributed by atoms with E-state index in [1.54, 1.807) is 55.5 Å². The highest BCUT2D eigenvalue weighted by molar-refractivity contribution is 5.73. The second-order valence-electron chi connectivity index (χ2n) is 6.94. The fourth-order valence-electron chi connectivity index (χ4n) is 2.66. The summed E-state index contributed by atoms with van der Waals surface area (Å²) in [6.45, 7) is 1.56. The summed E-state index contributed by atoms with van der Waals surface area (Å²) in [5.41, 5.74) is 18.6. The van der Waals surface area contributed by atoms with Gasteiger partial charge in [0, 0.05) is 28.9 Å². The van der Waals surface area contributed by atoms with Gasteiger partial charge in [-0.2, -0.15) is 0 Å². The molecule has 172 valence electrons. The number of carboxylic acid groups (broad SMARTS) is 2. The molecule has 0 aromatic heterocycles. The number of carbonyl (C=O) groups is 2. The summed E-state index contributed by atoms with van der Waals surface area (Å²) in [7, 11) is 0. The fourth-order valence-corrected chi connectivity index (χ4v) is 2.66. The van der Waals surface area contributed by atoms with Crippen molar-refractivity contribution in [2.75, 3.05) is 11.5 Å². The molecule has 4 atom stereocenters. The van der Waals surface area contributed by atoms with Crippen molar-refractivity contribution in [3.8, 4) is 0 Å². The SMILES string of the molecule is C.C[C@@H](C[C@@H](O)c1ccccc1N)C(=O)O.Nc1ccccc1[C@@H](O)C[C@H](N)C(=O)O. The predicted molar refractivity (Wildman–Crippen MR) is 120 cm³/mol. The number of nitrogens with two attached hydrogens (primary N) is 3. The van der Waals surface area contributed by atoms with Gasteiger partial charge in [-0.1, -0.05) is 50.7 Å². The van der Waals surface area contributed by atoms with Gasteiger partial charge in [0.2, 0.25) is 0 Å². The molecule has 9 nitrogen and oxygen atoms in total. The van der Waals surface area contributed by atoms with Gasteiger partial charge in [-0.25, -0.2) is 0 Å². The van der Waals surface area contributed by atoms with E-state index < -0.39 is 36.1 Å². The Morgan fingerprint density at radius 1 is 0.806 bits per heavy atom. The average Bonchev–Trinajstić information content (AvgIpc) is 2.68.